The lowest BCUT2D eigenvalue weighted by Crippen LogP contribution is -2.29. The SMILES string of the molecule is COc1cc2nccc(Oc3ccc(NC(=O)[C@H]4[C@@H](C(=O)NC5CC5)C4(C)C)cc3F)c2cc1OC. The molecule has 2 aromatic carbocycles. The number of anilines is 1. The van der Waals surface area contributed by atoms with E-state index in [1.807, 2.05) is 13.8 Å². The summed E-state index contributed by atoms with van der Waals surface area (Å²) in [6, 6.07) is 9.52. The molecule has 5 rings (SSSR count). The molecule has 2 fully saturated rings. The Bertz CT molecular complexity index is 1350. The van der Waals surface area contributed by atoms with E-state index in [1.165, 1.54) is 26.4 Å². The van der Waals surface area contributed by atoms with Gasteiger partial charge in [0.15, 0.2) is 23.1 Å². The van der Waals surface area contributed by atoms with Crippen molar-refractivity contribution in [3.63, 3.8) is 0 Å². The van der Waals surface area contributed by atoms with Crippen LogP contribution >= 0.6 is 0 Å². The Morgan fingerprint density at radius 3 is 2.31 bits per heavy atom. The number of ether oxygens (including phenoxy) is 3. The molecular formula is C27H28FN3O5. The molecule has 2 N–H and O–H groups in total. The largest absolute Gasteiger partial charge is 0.493 e. The minimum Gasteiger partial charge on any atom is -0.493 e. The van der Waals surface area contributed by atoms with Crippen molar-refractivity contribution >= 4 is 28.4 Å². The number of fused-ring (bicyclic) bond motifs is 1. The second-order valence-corrected chi connectivity index (χ2v) is 9.83. The Morgan fingerprint density at radius 2 is 1.64 bits per heavy atom. The van der Waals surface area contributed by atoms with Crippen LogP contribution in [-0.4, -0.2) is 37.1 Å². The van der Waals surface area contributed by atoms with Crippen LogP contribution < -0.4 is 24.8 Å². The lowest BCUT2D eigenvalue weighted by molar-refractivity contribution is -0.125. The summed E-state index contributed by atoms with van der Waals surface area (Å²) in [6.45, 7) is 3.80. The van der Waals surface area contributed by atoms with Crippen molar-refractivity contribution in [3.05, 3.63) is 48.4 Å². The molecule has 1 heterocycles. The monoisotopic (exact) mass is 493 g/mol. The van der Waals surface area contributed by atoms with E-state index >= 15 is 0 Å². The van der Waals surface area contributed by atoms with Crippen molar-refractivity contribution < 1.29 is 28.2 Å². The predicted molar refractivity (Wildman–Crippen MR) is 132 cm³/mol. The third-order valence-corrected chi connectivity index (χ3v) is 6.94. The molecule has 1 aromatic heterocycles. The van der Waals surface area contributed by atoms with Gasteiger partial charge in [-0.15, -0.1) is 0 Å². The summed E-state index contributed by atoms with van der Waals surface area (Å²) in [7, 11) is 3.06. The highest BCUT2D eigenvalue weighted by atomic mass is 19.1. The molecule has 2 saturated carbocycles. The Labute approximate surface area is 208 Å². The average Bonchev–Trinajstić information content (AvgIpc) is 3.76. The van der Waals surface area contributed by atoms with Gasteiger partial charge in [-0.25, -0.2) is 4.39 Å². The van der Waals surface area contributed by atoms with E-state index < -0.39 is 17.2 Å². The molecule has 0 spiro atoms. The summed E-state index contributed by atoms with van der Waals surface area (Å²) in [5, 5.41) is 6.34. The van der Waals surface area contributed by atoms with Gasteiger partial charge in [-0.2, -0.15) is 0 Å². The van der Waals surface area contributed by atoms with Crippen LogP contribution in [0.1, 0.15) is 26.7 Å². The smallest absolute Gasteiger partial charge is 0.228 e. The number of nitrogens with one attached hydrogen (secondary N) is 2. The molecule has 2 aliphatic carbocycles. The number of benzene rings is 2. The minimum atomic E-state index is -0.642. The van der Waals surface area contributed by atoms with Crippen LogP contribution in [-0.2, 0) is 9.59 Å². The third-order valence-electron chi connectivity index (χ3n) is 6.94. The molecule has 3 aromatic rings. The molecule has 36 heavy (non-hydrogen) atoms. The van der Waals surface area contributed by atoms with Crippen LogP contribution in [0.3, 0.4) is 0 Å². The summed E-state index contributed by atoms with van der Waals surface area (Å²) in [5.74, 6) is -0.491. The van der Waals surface area contributed by atoms with Gasteiger partial charge in [-0.1, -0.05) is 13.8 Å². The van der Waals surface area contributed by atoms with Crippen molar-refractivity contribution in [2.45, 2.75) is 32.7 Å². The van der Waals surface area contributed by atoms with E-state index in [-0.39, 0.29) is 29.5 Å². The fourth-order valence-electron chi connectivity index (χ4n) is 4.67. The summed E-state index contributed by atoms with van der Waals surface area (Å²) in [4.78, 5) is 29.7. The number of rotatable bonds is 8. The lowest BCUT2D eigenvalue weighted by atomic mass is 10.1. The van der Waals surface area contributed by atoms with Crippen molar-refractivity contribution in [1.82, 2.24) is 10.3 Å². The highest BCUT2D eigenvalue weighted by Gasteiger charge is 2.65. The number of carbonyl (C=O) groups is 2. The van der Waals surface area contributed by atoms with Crippen molar-refractivity contribution in [3.8, 4) is 23.0 Å². The number of hydrogen-bond donors (Lipinski definition) is 2. The fraction of sp³-hybridized carbons (Fsp3) is 0.370. The first kappa shape index (κ1) is 23.8. The second kappa shape index (κ2) is 8.96. The molecule has 0 bridgehead atoms. The van der Waals surface area contributed by atoms with Crippen LogP contribution in [0, 0.1) is 23.1 Å². The number of halogens is 1. The minimum absolute atomic E-state index is 0.0104. The van der Waals surface area contributed by atoms with Gasteiger partial charge < -0.3 is 24.8 Å². The second-order valence-electron chi connectivity index (χ2n) is 9.83. The molecule has 0 unspecified atom stereocenters. The Hall–Kier alpha value is -3.88. The van der Waals surface area contributed by atoms with E-state index in [2.05, 4.69) is 15.6 Å². The lowest BCUT2D eigenvalue weighted by Gasteiger charge is -2.13. The van der Waals surface area contributed by atoms with Gasteiger partial charge in [-0.05, 0) is 42.5 Å². The Kier molecular flexibility index (Phi) is 5.94. The molecule has 8 nitrogen and oxygen atoms in total. The third kappa shape index (κ3) is 4.41. The molecular weight excluding hydrogens is 465 g/mol. The molecule has 2 aliphatic rings. The van der Waals surface area contributed by atoms with E-state index in [4.69, 9.17) is 14.2 Å². The normalized spacial score (nSPS) is 19.9. The maximum Gasteiger partial charge on any atom is 0.228 e. The molecule has 0 radical (unpaired) electrons. The van der Waals surface area contributed by atoms with Gasteiger partial charge in [0.05, 0.1) is 31.6 Å². The molecule has 188 valence electrons. The number of hydrogen-bond acceptors (Lipinski definition) is 6. The maximum atomic E-state index is 15.0. The zero-order valence-electron chi connectivity index (χ0n) is 20.6. The molecule has 2 amide bonds. The number of amides is 2. The number of carbonyl (C=O) groups excluding carboxylic acids is 2. The number of pyridine rings is 1. The quantitative estimate of drug-likeness (QED) is 0.473. The first-order valence-electron chi connectivity index (χ1n) is 11.8. The van der Waals surface area contributed by atoms with Gasteiger partial charge >= 0.3 is 0 Å². The van der Waals surface area contributed by atoms with Crippen LogP contribution in [0.5, 0.6) is 23.0 Å². The molecule has 0 saturated heterocycles. The average molecular weight is 494 g/mol. The highest BCUT2D eigenvalue weighted by Crippen LogP contribution is 2.58. The Morgan fingerprint density at radius 1 is 0.944 bits per heavy atom. The topological polar surface area (TPSA) is 98.8 Å². The van der Waals surface area contributed by atoms with Crippen LogP contribution in [0.15, 0.2) is 42.6 Å². The maximum absolute atomic E-state index is 15.0. The molecule has 2 atom stereocenters. The van der Waals surface area contributed by atoms with Gasteiger partial charge in [0.25, 0.3) is 0 Å². The van der Waals surface area contributed by atoms with Crippen molar-refractivity contribution in [2.75, 3.05) is 19.5 Å². The van der Waals surface area contributed by atoms with Crippen molar-refractivity contribution in [1.29, 1.82) is 0 Å². The van der Waals surface area contributed by atoms with E-state index in [9.17, 15) is 14.0 Å². The first-order valence-corrected chi connectivity index (χ1v) is 11.8. The zero-order chi connectivity index (χ0) is 25.6. The standard InChI is InChI=1S/C27H28FN3O5/c1-27(2)23(25(32)30-14-5-6-14)24(27)26(33)31-15-7-8-20(17(28)11-15)36-19-9-10-29-18-13-22(35-4)21(34-3)12-16(18)19/h7-14,23-24H,5-6H2,1-4H3,(H,30,32)(H,31,33)/t23-,24+/m0/s1. The summed E-state index contributed by atoms with van der Waals surface area (Å²) in [6.07, 6.45) is 3.53. The summed E-state index contributed by atoms with van der Waals surface area (Å²) >= 11 is 0. The number of methoxy groups -OCH3 is 2. The first-order chi connectivity index (χ1) is 17.2. The van der Waals surface area contributed by atoms with E-state index in [1.54, 1.807) is 30.5 Å². The van der Waals surface area contributed by atoms with Gasteiger partial charge in [0.1, 0.15) is 5.75 Å². The predicted octanol–water partition coefficient (Wildman–Crippen LogP) is 4.67. The summed E-state index contributed by atoms with van der Waals surface area (Å²) < 4.78 is 31.5. The van der Waals surface area contributed by atoms with Crippen LogP contribution in [0.25, 0.3) is 10.9 Å². The zero-order valence-corrected chi connectivity index (χ0v) is 20.6. The fourth-order valence-corrected chi connectivity index (χ4v) is 4.67. The van der Waals surface area contributed by atoms with Crippen molar-refractivity contribution in [2.24, 2.45) is 17.3 Å². The molecule has 0 aliphatic heterocycles. The van der Waals surface area contributed by atoms with Crippen LogP contribution in [0.4, 0.5) is 10.1 Å². The Balaban J connectivity index is 1.31. The van der Waals surface area contributed by atoms with Gasteiger partial charge in [0, 0.05) is 35.4 Å². The van der Waals surface area contributed by atoms with Crippen LogP contribution in [0.2, 0.25) is 0 Å². The molecule has 9 heteroatoms. The number of nitrogens with zero attached hydrogens (tertiary/aromatic N) is 1. The van der Waals surface area contributed by atoms with E-state index in [0.29, 0.717) is 33.8 Å². The van der Waals surface area contributed by atoms with Gasteiger partial charge in [-0.3, -0.25) is 14.6 Å². The van der Waals surface area contributed by atoms with Gasteiger partial charge in [0.2, 0.25) is 11.8 Å². The number of aromatic nitrogens is 1. The summed E-state index contributed by atoms with van der Waals surface area (Å²) in [5.41, 5.74) is 0.443. The van der Waals surface area contributed by atoms with E-state index in [0.717, 1.165) is 12.8 Å². The highest BCUT2D eigenvalue weighted by molar-refractivity contribution is 6.01.